The molecule has 5 aliphatic heterocycles. The highest BCUT2D eigenvalue weighted by molar-refractivity contribution is 6.07. The molecule has 0 saturated carbocycles. The van der Waals surface area contributed by atoms with Gasteiger partial charge in [-0.15, -0.1) is 6.58 Å². The van der Waals surface area contributed by atoms with Crippen LogP contribution >= 0.6 is 0 Å². The first-order valence-corrected chi connectivity index (χ1v) is 16.2. The van der Waals surface area contributed by atoms with Crippen molar-refractivity contribution in [3.05, 3.63) is 58.7 Å². The van der Waals surface area contributed by atoms with E-state index < -0.39 is 11.9 Å². The Labute approximate surface area is 261 Å². The summed E-state index contributed by atoms with van der Waals surface area (Å²) in [5, 5.41) is 25.1. The molecule has 2 fully saturated rings. The Hall–Kier alpha value is -2.85. The summed E-state index contributed by atoms with van der Waals surface area (Å²) >= 11 is 0. The number of methoxy groups -OCH3 is 1. The lowest BCUT2D eigenvalue weighted by Gasteiger charge is -2.27. The summed E-state index contributed by atoms with van der Waals surface area (Å²) in [6.45, 7) is 17.0. The number of carbonyl (C=O) groups excluding carboxylic acids is 2. The molecule has 0 radical (unpaired) electrons. The SMILES string of the molecule is C=CC1=C(C)C2CC3NC(CC4NC(CC5NC(CC1N2)C(C)=C5C(=O)CC(=O)OC)C(CCC(=O)O)=C4C)C(C)C3C=C. The van der Waals surface area contributed by atoms with Crippen molar-refractivity contribution in [2.45, 2.75) is 121 Å². The number of fused-ring (bicyclic) bond motifs is 8. The highest BCUT2D eigenvalue weighted by atomic mass is 16.5. The number of carboxylic acid groups (broad SMARTS) is 1. The summed E-state index contributed by atoms with van der Waals surface area (Å²) < 4.78 is 4.85. The Morgan fingerprint density at radius 1 is 0.841 bits per heavy atom. The Kier molecular flexibility index (Phi) is 9.80. The maximum absolute atomic E-state index is 13.6. The molecule has 0 aromatic carbocycles. The van der Waals surface area contributed by atoms with Gasteiger partial charge in [-0.3, -0.25) is 14.4 Å². The molecular weight excluding hydrogens is 556 g/mol. The van der Waals surface area contributed by atoms with Gasteiger partial charge in [-0.1, -0.05) is 42.4 Å². The first-order chi connectivity index (χ1) is 21.0. The van der Waals surface area contributed by atoms with Crippen molar-refractivity contribution in [2.24, 2.45) is 11.8 Å². The van der Waals surface area contributed by atoms with Crippen LogP contribution in [0.2, 0.25) is 0 Å². The zero-order valence-corrected chi connectivity index (χ0v) is 26.9. The first-order valence-electron chi connectivity index (χ1n) is 16.2. The third kappa shape index (κ3) is 6.16. The number of carbonyl (C=O) groups is 3. The van der Waals surface area contributed by atoms with Crippen molar-refractivity contribution in [1.29, 1.82) is 0 Å². The number of rotatable bonds is 8. The lowest BCUT2D eigenvalue weighted by Crippen LogP contribution is -2.46. The zero-order chi connectivity index (χ0) is 31.9. The normalized spacial score (nSPS) is 37.0. The molecular formula is C35H50N4O5. The average Bonchev–Trinajstić information content (AvgIpc) is 3.64. The minimum Gasteiger partial charge on any atom is -0.481 e. The molecule has 0 aromatic heterocycles. The molecule has 5 heterocycles. The number of ether oxygens (including phenoxy) is 1. The monoisotopic (exact) mass is 606 g/mol. The van der Waals surface area contributed by atoms with Crippen molar-refractivity contribution in [3.8, 4) is 0 Å². The van der Waals surface area contributed by atoms with Crippen molar-refractivity contribution >= 4 is 17.7 Å². The van der Waals surface area contributed by atoms with Gasteiger partial charge in [-0.25, -0.2) is 0 Å². The van der Waals surface area contributed by atoms with E-state index in [0.717, 1.165) is 30.4 Å². The Bertz CT molecular complexity index is 1310. The number of nitrogens with one attached hydrogen (secondary N) is 4. The van der Waals surface area contributed by atoms with Gasteiger partial charge in [-0.05, 0) is 75.9 Å². The van der Waals surface area contributed by atoms with Gasteiger partial charge in [0.05, 0.1) is 7.11 Å². The van der Waals surface area contributed by atoms with E-state index in [0.29, 0.717) is 30.3 Å². The van der Waals surface area contributed by atoms with Crippen LogP contribution in [0.15, 0.2) is 58.7 Å². The third-order valence-corrected chi connectivity index (χ3v) is 11.3. The maximum atomic E-state index is 13.6. The molecule has 0 aliphatic carbocycles. The lowest BCUT2D eigenvalue weighted by molar-refractivity contribution is -0.143. The fourth-order valence-corrected chi connectivity index (χ4v) is 8.81. The number of carboxylic acids is 1. The summed E-state index contributed by atoms with van der Waals surface area (Å²) in [6.07, 6.45) is 7.48. The largest absolute Gasteiger partial charge is 0.481 e. The van der Waals surface area contributed by atoms with Crippen LogP contribution in [0.5, 0.6) is 0 Å². The Morgan fingerprint density at radius 2 is 1.45 bits per heavy atom. The van der Waals surface area contributed by atoms with E-state index in [1.807, 2.05) is 13.0 Å². The number of hydrogen-bond donors (Lipinski definition) is 5. The van der Waals surface area contributed by atoms with Crippen LogP contribution in [-0.2, 0) is 19.1 Å². The second kappa shape index (κ2) is 13.3. The summed E-state index contributed by atoms with van der Waals surface area (Å²) in [5.41, 5.74) is 6.48. The van der Waals surface area contributed by atoms with Crippen LogP contribution in [0.4, 0.5) is 0 Å². The minimum absolute atomic E-state index is 0.0603. The smallest absolute Gasteiger partial charge is 0.313 e. The highest BCUT2D eigenvalue weighted by Crippen LogP contribution is 2.40. The van der Waals surface area contributed by atoms with Crippen LogP contribution in [0.25, 0.3) is 0 Å². The molecule has 0 aromatic rings. The fourth-order valence-electron chi connectivity index (χ4n) is 8.81. The van der Waals surface area contributed by atoms with Gasteiger partial charge in [-0.2, -0.15) is 0 Å². The topological polar surface area (TPSA) is 129 Å². The predicted octanol–water partition coefficient (Wildman–Crippen LogP) is 3.49. The van der Waals surface area contributed by atoms with E-state index in [-0.39, 0.29) is 67.0 Å². The van der Waals surface area contributed by atoms with Gasteiger partial charge in [0, 0.05) is 60.3 Å². The van der Waals surface area contributed by atoms with Gasteiger partial charge in [0.1, 0.15) is 6.42 Å². The van der Waals surface area contributed by atoms with E-state index in [1.54, 1.807) is 0 Å². The third-order valence-electron chi connectivity index (χ3n) is 11.3. The molecule has 10 unspecified atom stereocenters. The van der Waals surface area contributed by atoms with Crippen LogP contribution in [0.3, 0.4) is 0 Å². The molecule has 0 spiro atoms. The van der Waals surface area contributed by atoms with Gasteiger partial charge in [0.2, 0.25) is 0 Å². The summed E-state index contributed by atoms with van der Waals surface area (Å²) in [5.74, 6) is -0.837. The second-order valence-corrected chi connectivity index (χ2v) is 13.5. The van der Waals surface area contributed by atoms with E-state index in [4.69, 9.17) is 4.74 Å². The van der Waals surface area contributed by atoms with Crippen molar-refractivity contribution < 1.29 is 24.2 Å². The van der Waals surface area contributed by atoms with Crippen molar-refractivity contribution in [1.82, 2.24) is 21.3 Å². The summed E-state index contributed by atoms with van der Waals surface area (Å²) in [4.78, 5) is 37.4. The van der Waals surface area contributed by atoms with Gasteiger partial charge in [0.15, 0.2) is 5.78 Å². The molecule has 2 saturated heterocycles. The minimum atomic E-state index is -0.818. The molecule has 9 nitrogen and oxygen atoms in total. The average molecular weight is 607 g/mol. The Balaban J connectivity index is 1.54. The summed E-state index contributed by atoms with van der Waals surface area (Å²) in [7, 11) is 1.30. The first kappa shape index (κ1) is 32.5. The van der Waals surface area contributed by atoms with Crippen LogP contribution in [0, 0.1) is 11.8 Å². The van der Waals surface area contributed by atoms with Gasteiger partial charge in [0.25, 0.3) is 0 Å². The zero-order valence-electron chi connectivity index (χ0n) is 26.9. The van der Waals surface area contributed by atoms with E-state index >= 15 is 0 Å². The van der Waals surface area contributed by atoms with Crippen LogP contribution in [0.1, 0.15) is 72.6 Å². The van der Waals surface area contributed by atoms with E-state index in [1.165, 1.54) is 23.8 Å². The van der Waals surface area contributed by atoms with Crippen LogP contribution in [-0.4, -0.2) is 78.3 Å². The molecule has 240 valence electrons. The van der Waals surface area contributed by atoms with Crippen molar-refractivity contribution in [2.75, 3.05) is 7.11 Å². The number of hydrogen-bond acceptors (Lipinski definition) is 8. The molecule has 9 heteroatoms. The molecule has 5 N–H and O–H groups in total. The lowest BCUT2D eigenvalue weighted by atomic mass is 9.83. The van der Waals surface area contributed by atoms with E-state index in [2.05, 4.69) is 61.3 Å². The molecule has 5 aliphatic rings. The number of esters is 1. The highest BCUT2D eigenvalue weighted by Gasteiger charge is 2.46. The molecule has 44 heavy (non-hydrogen) atoms. The predicted molar refractivity (Wildman–Crippen MR) is 171 cm³/mol. The van der Waals surface area contributed by atoms with Gasteiger partial charge >= 0.3 is 11.9 Å². The number of Topliss-reactive ketones (excluding diaryl/α,β-unsaturated/α-hetero) is 1. The standard InChI is InChI=1S/C35H50N4O5/c1-8-21-17(3)24-12-25-19(5)23(10-11-33(41)42)30(38-25)15-31-35(32(40)16-34(43)44-7)20(6)27(39-31)14-29-22(9-2)18(4)26(37-29)13-28(21)36-24/h8-9,17,21,24-31,36-39H,1-2,10-16H2,3-7H3,(H,41,42). The number of aliphatic carboxylic acids is 1. The second-order valence-electron chi connectivity index (χ2n) is 13.5. The molecule has 0 amide bonds. The van der Waals surface area contributed by atoms with Crippen LogP contribution < -0.4 is 21.3 Å². The molecule has 10 atom stereocenters. The maximum Gasteiger partial charge on any atom is 0.313 e. The molecule has 5 rings (SSSR count). The number of ketones is 1. The van der Waals surface area contributed by atoms with Crippen molar-refractivity contribution in [3.63, 3.8) is 0 Å². The fraction of sp³-hybridized carbons (Fsp3) is 0.629. The van der Waals surface area contributed by atoms with Gasteiger partial charge < -0.3 is 31.1 Å². The Morgan fingerprint density at radius 3 is 2.11 bits per heavy atom. The quantitative estimate of drug-likeness (QED) is 0.160. The van der Waals surface area contributed by atoms with E-state index in [9.17, 15) is 19.5 Å². The molecule has 8 bridgehead atoms. The summed E-state index contributed by atoms with van der Waals surface area (Å²) in [6, 6.07) is 0.504.